The summed E-state index contributed by atoms with van der Waals surface area (Å²) < 4.78 is 120. The molecule has 5 unspecified atom stereocenters. The van der Waals surface area contributed by atoms with Gasteiger partial charge in [-0.2, -0.15) is 0 Å². The third-order valence-electron chi connectivity index (χ3n) is 0. The second kappa shape index (κ2) is 33.1. The van der Waals surface area contributed by atoms with Crippen LogP contribution in [0.1, 0.15) is 0 Å². The Kier molecular flexibility index (Phi) is 60.0. The van der Waals surface area contributed by atoms with Crippen LogP contribution in [0.25, 0.3) is 0 Å². The summed E-state index contributed by atoms with van der Waals surface area (Å²) in [4.78, 5) is 0. The average molecular weight is 428 g/mol. The first-order valence-electron chi connectivity index (χ1n) is 2.58. The molecule has 0 amide bonds. The summed E-state index contributed by atoms with van der Waals surface area (Å²) in [6.07, 6.45) is 0. The fourth-order valence-electron chi connectivity index (χ4n) is 0. The van der Waals surface area contributed by atoms with Crippen molar-refractivity contribution in [1.82, 2.24) is 0 Å². The molecule has 0 aromatic heterocycles. The Balaban J connectivity index is -0.0000000331. The van der Waals surface area contributed by atoms with Crippen LogP contribution >= 0.6 is 0 Å². The Morgan fingerprint density at radius 3 is 0.429 bits per heavy atom. The largest absolute Gasteiger partial charge is 1.00 e. The van der Waals surface area contributed by atoms with E-state index in [4.69, 9.17) is 66.6 Å². The van der Waals surface area contributed by atoms with Crippen molar-refractivity contribution in [1.29, 1.82) is 0 Å². The Labute approximate surface area is 152 Å². The number of hydrogen-bond donors (Lipinski definition) is 5. The molecule has 21 heavy (non-hydrogen) atoms. The first-order chi connectivity index (χ1) is 8.66. The summed E-state index contributed by atoms with van der Waals surface area (Å²) in [6.45, 7) is 0. The molecule has 0 aromatic rings. The van der Waals surface area contributed by atoms with E-state index in [1.807, 2.05) is 0 Å². The SMILES string of the molecule is O=S([O-])O.O=S([O-])O.O=S([O-])O.O=S([O-])O.O=S([O-])O.[Na+]. The summed E-state index contributed by atoms with van der Waals surface area (Å²) in [5, 5.41) is 0. The van der Waals surface area contributed by atoms with Crippen molar-refractivity contribution < 1.29 is 96.1 Å². The molecule has 5 N–H and O–H groups in total. The molecule has 0 aromatic carbocycles. The molecule has 0 spiro atoms. The zero-order valence-corrected chi connectivity index (χ0v) is 15.4. The van der Waals surface area contributed by atoms with Crippen LogP contribution in [-0.4, -0.2) is 66.6 Å². The molecule has 130 valence electrons. The standard InChI is InChI=1S/Na.5H2O3S/c;5*1-4(2)3/h;5*(H2,1,2,3)/q+1;;;;;/p-5. The second-order valence-electron chi connectivity index (χ2n) is 1.09. The van der Waals surface area contributed by atoms with E-state index in [2.05, 4.69) is 0 Å². The van der Waals surface area contributed by atoms with Gasteiger partial charge in [0.05, 0.1) is 56.8 Å². The summed E-state index contributed by atoms with van der Waals surface area (Å²) in [6, 6.07) is 0. The van der Waals surface area contributed by atoms with Crippen molar-refractivity contribution in [2.75, 3.05) is 0 Å². The summed E-state index contributed by atoms with van der Waals surface area (Å²) in [5.74, 6) is 0. The van der Waals surface area contributed by atoms with Crippen LogP contribution in [0.15, 0.2) is 0 Å². The van der Waals surface area contributed by atoms with Gasteiger partial charge in [0.1, 0.15) is 0 Å². The Morgan fingerprint density at radius 2 is 0.429 bits per heavy atom. The molecule has 21 heteroatoms. The van der Waals surface area contributed by atoms with Gasteiger partial charge in [0.2, 0.25) is 0 Å². The number of hydrogen-bond acceptors (Lipinski definition) is 10. The van der Waals surface area contributed by atoms with E-state index >= 15 is 0 Å². The maximum atomic E-state index is 8.56. The van der Waals surface area contributed by atoms with Crippen LogP contribution in [0.3, 0.4) is 0 Å². The molecule has 15 nitrogen and oxygen atoms in total. The smallest absolute Gasteiger partial charge is 0.750 e. The molecule has 0 heterocycles. The zero-order valence-electron chi connectivity index (χ0n) is 9.36. The molecule has 0 rings (SSSR count). The molecule has 0 fully saturated rings. The zero-order chi connectivity index (χ0) is 17.9. The van der Waals surface area contributed by atoms with Crippen LogP contribution in [-0.2, 0) is 56.8 Å². The van der Waals surface area contributed by atoms with Gasteiger partial charge in [0, 0.05) is 0 Å². The molecule has 0 aliphatic heterocycles. The Morgan fingerprint density at radius 1 is 0.429 bits per heavy atom. The normalized spacial score (nSPS) is 14.8. The van der Waals surface area contributed by atoms with Gasteiger partial charge >= 0.3 is 29.6 Å². The third-order valence-corrected chi connectivity index (χ3v) is 0. The van der Waals surface area contributed by atoms with E-state index in [1.165, 1.54) is 0 Å². The van der Waals surface area contributed by atoms with Crippen molar-refractivity contribution in [3.05, 3.63) is 0 Å². The molecule has 0 saturated heterocycles. The van der Waals surface area contributed by atoms with Gasteiger partial charge in [-0.3, -0.25) is 0 Å². The molecule has 0 aliphatic carbocycles. The summed E-state index contributed by atoms with van der Waals surface area (Å²) in [7, 11) is 0. The topological polar surface area (TPSA) is 302 Å². The van der Waals surface area contributed by atoms with E-state index in [-0.39, 0.29) is 29.6 Å². The molecule has 0 bridgehead atoms. The van der Waals surface area contributed by atoms with Crippen LogP contribution < -0.4 is 29.6 Å². The second-order valence-corrected chi connectivity index (χ2v) is 3.26. The predicted molar refractivity (Wildman–Crippen MR) is 57.7 cm³/mol. The Hall–Kier alpha value is 1.35. The minimum Gasteiger partial charge on any atom is -0.750 e. The van der Waals surface area contributed by atoms with Crippen molar-refractivity contribution in [3.63, 3.8) is 0 Å². The van der Waals surface area contributed by atoms with Gasteiger partial charge in [0.15, 0.2) is 0 Å². The van der Waals surface area contributed by atoms with Crippen LogP contribution in [0.2, 0.25) is 0 Å². The first-order valence-corrected chi connectivity index (χ1v) is 7.74. The van der Waals surface area contributed by atoms with Crippen molar-refractivity contribution in [3.8, 4) is 0 Å². The van der Waals surface area contributed by atoms with Gasteiger partial charge in [0.25, 0.3) is 0 Å². The maximum absolute atomic E-state index is 8.56. The monoisotopic (exact) mass is 428 g/mol. The van der Waals surface area contributed by atoms with Gasteiger partial charge < -0.3 is 45.5 Å². The van der Waals surface area contributed by atoms with Crippen LogP contribution in [0.4, 0.5) is 0 Å². The van der Waals surface area contributed by atoms with Gasteiger partial charge in [-0.05, 0) is 0 Å². The minimum atomic E-state index is -2.86. The minimum absolute atomic E-state index is 0. The molecular weight excluding hydrogens is 423 g/mol. The van der Waals surface area contributed by atoms with Crippen LogP contribution in [0, 0.1) is 0 Å². The van der Waals surface area contributed by atoms with E-state index in [1.54, 1.807) is 0 Å². The van der Waals surface area contributed by atoms with E-state index in [0.717, 1.165) is 0 Å². The third kappa shape index (κ3) is 4390. The van der Waals surface area contributed by atoms with E-state index in [0.29, 0.717) is 0 Å². The fraction of sp³-hybridized carbons (Fsp3) is 0. The number of rotatable bonds is 0. The van der Waals surface area contributed by atoms with Gasteiger partial charge in [-0.1, -0.05) is 0 Å². The van der Waals surface area contributed by atoms with Crippen molar-refractivity contribution in [2.45, 2.75) is 0 Å². The summed E-state index contributed by atoms with van der Waals surface area (Å²) >= 11 is -14.3. The van der Waals surface area contributed by atoms with E-state index in [9.17, 15) is 0 Å². The van der Waals surface area contributed by atoms with Gasteiger partial charge in [-0.15, -0.1) is 0 Å². The molecule has 0 radical (unpaired) electrons. The molecular formula is H5NaO15S5-4. The molecule has 0 aliphatic rings. The maximum Gasteiger partial charge on any atom is 1.00 e. The summed E-state index contributed by atoms with van der Waals surface area (Å²) in [5.41, 5.74) is 0. The average Bonchev–Trinajstić information content (AvgIpc) is 1.94. The van der Waals surface area contributed by atoms with Crippen molar-refractivity contribution in [2.24, 2.45) is 0 Å². The Bertz CT molecular complexity index is 207. The fourth-order valence-corrected chi connectivity index (χ4v) is 0. The quantitative estimate of drug-likeness (QED) is 0.177. The molecule has 0 saturated carbocycles. The predicted octanol–water partition coefficient (Wildman–Crippen LogP) is -6.30. The van der Waals surface area contributed by atoms with Crippen molar-refractivity contribution >= 4 is 56.8 Å². The van der Waals surface area contributed by atoms with Gasteiger partial charge in [-0.25, -0.2) is 21.0 Å². The first kappa shape index (κ1) is 38.1. The van der Waals surface area contributed by atoms with Crippen LogP contribution in [0.5, 0.6) is 0 Å². The van der Waals surface area contributed by atoms with E-state index < -0.39 is 56.8 Å². The molecule has 5 atom stereocenters.